The number of ether oxygens (including phenoxy) is 7. The van der Waals surface area contributed by atoms with Gasteiger partial charge in [0, 0.05) is 90.4 Å². The Morgan fingerprint density at radius 3 is 0.866 bits per heavy atom. The highest BCUT2D eigenvalue weighted by molar-refractivity contribution is 5.40. The van der Waals surface area contributed by atoms with Crippen molar-refractivity contribution in [3.05, 3.63) is 0 Å². The maximum absolute atomic E-state index is 5.06. The van der Waals surface area contributed by atoms with Crippen LogP contribution in [0.25, 0.3) is 0 Å². The van der Waals surface area contributed by atoms with Gasteiger partial charge in [-0.25, -0.2) is 0 Å². The first-order valence-corrected chi connectivity index (χ1v) is 27.2. The molecule has 10 N–H and O–H groups in total. The van der Waals surface area contributed by atoms with E-state index in [1.54, 1.807) is 14.2 Å². The predicted octanol–water partition coefficient (Wildman–Crippen LogP) is 6.09. The van der Waals surface area contributed by atoms with Crippen molar-refractivity contribution in [3.8, 4) is 30.1 Å². The zero-order valence-electron chi connectivity index (χ0n) is 52.1. The van der Waals surface area contributed by atoms with E-state index in [2.05, 4.69) is 142 Å². The van der Waals surface area contributed by atoms with Crippen LogP contribution in [-0.4, -0.2) is 201 Å². The average molecular weight is 1160 g/mol. The van der Waals surface area contributed by atoms with Crippen molar-refractivity contribution in [3.63, 3.8) is 0 Å². The number of hydrogen-bond acceptors (Lipinski definition) is 32. The van der Waals surface area contributed by atoms with E-state index in [0.717, 1.165) is 58.5 Å². The Labute approximate surface area is 484 Å². The van der Waals surface area contributed by atoms with E-state index in [-0.39, 0.29) is 23.6 Å². The highest BCUT2D eigenvalue weighted by Crippen LogP contribution is 2.17. The summed E-state index contributed by atoms with van der Waals surface area (Å²) in [7, 11) is 11.0. The normalized spacial score (nSPS) is 10.8. The lowest BCUT2D eigenvalue weighted by Crippen LogP contribution is -2.27. The molecule has 0 fully saturated rings. The number of hydrogen-bond donors (Lipinski definition) is 10. The van der Waals surface area contributed by atoms with Gasteiger partial charge in [-0.1, -0.05) is 6.92 Å². The molecule has 5 rings (SSSR count). The largest absolute Gasteiger partial charge is 0.467 e. The van der Waals surface area contributed by atoms with Crippen LogP contribution in [0.5, 0.6) is 30.1 Å². The molecule has 1 atom stereocenters. The molecule has 0 aliphatic heterocycles. The standard InChI is InChI=1S/C12H23N5O3.3C10H19N5O.C8H15N5O/c1-18-8-4-6-13-10-15-11(14-7-5-9-19-2)17-12(16-10)20-3;1-6-11-7-12-8(15-10(2,3)4)14-9(13-7)16-5;1-6(2)11-8-13-9(12-7(3)4)15-10(14-8)16-5;1-5-7(3)12-9-13-8(11-6-2)14-10(15-9)16-4;1-4-9-6-11-7(10-5-2)13-8(12-6)14-3/h4-9H2,1-3H3,(H2,13,14,15,16,17);6H2,1-5H3,(H2,11,12,13,14,15);6-7H,1-5H3,(H2,11,12,13,14,15);7H,5-6H2,1-4H3,(H2,11,12,13,14,15);4-5H2,1-3H3,(H2,9,10,11,12,13). The van der Waals surface area contributed by atoms with Gasteiger partial charge in [-0.3, -0.25) is 0 Å². The third kappa shape index (κ3) is 32.9. The number of nitrogens with one attached hydrogen (secondary N) is 10. The molecule has 0 bridgehead atoms. The zero-order valence-corrected chi connectivity index (χ0v) is 52.1. The van der Waals surface area contributed by atoms with Gasteiger partial charge in [-0.05, 0) is 102 Å². The van der Waals surface area contributed by atoms with E-state index in [0.29, 0.717) is 103 Å². The first kappa shape index (κ1) is 72.0. The van der Waals surface area contributed by atoms with Crippen LogP contribution < -0.4 is 76.9 Å². The summed E-state index contributed by atoms with van der Waals surface area (Å²) in [5.74, 6) is 5.15. The van der Waals surface area contributed by atoms with Gasteiger partial charge in [-0.2, -0.15) is 74.8 Å². The van der Waals surface area contributed by atoms with Crippen molar-refractivity contribution in [1.29, 1.82) is 0 Å². The third-order valence-corrected chi connectivity index (χ3v) is 9.25. The van der Waals surface area contributed by atoms with Crippen molar-refractivity contribution >= 4 is 59.5 Å². The minimum absolute atomic E-state index is 0.101. The smallest absolute Gasteiger partial charge is 0.322 e. The SMILES string of the molecule is CCNc1nc(NC(C)(C)C)nc(OC)n1.CCNc1nc(NC(C)CC)nc(OC)n1.CCNc1nc(NCC)nc(OC)n1.COCCCNc1nc(NCCCOC)nc(OC)n1.COc1nc(NC(C)C)nc(NC(C)C)n1. The van der Waals surface area contributed by atoms with Crippen molar-refractivity contribution in [2.75, 3.05) is 155 Å². The molecule has 5 heterocycles. The van der Waals surface area contributed by atoms with Crippen LogP contribution in [0.1, 0.15) is 109 Å². The molecule has 32 nitrogen and oxygen atoms in total. The minimum atomic E-state index is -0.101. The predicted molar refractivity (Wildman–Crippen MR) is 323 cm³/mol. The van der Waals surface area contributed by atoms with Crippen molar-refractivity contribution < 1.29 is 33.2 Å². The summed E-state index contributed by atoms with van der Waals surface area (Å²) in [4.78, 5) is 62.0. The summed E-state index contributed by atoms with van der Waals surface area (Å²) >= 11 is 0. The molecule has 0 amide bonds. The molecule has 32 heteroatoms. The number of rotatable bonds is 31. The minimum Gasteiger partial charge on any atom is -0.467 e. The number of aromatic nitrogens is 15. The Morgan fingerprint density at radius 2 is 0.598 bits per heavy atom. The van der Waals surface area contributed by atoms with Gasteiger partial charge in [0.05, 0.1) is 35.5 Å². The molecule has 0 aromatic carbocycles. The first-order valence-electron chi connectivity index (χ1n) is 27.2. The van der Waals surface area contributed by atoms with Crippen LogP contribution in [0.15, 0.2) is 0 Å². The monoisotopic (exact) mass is 1160 g/mol. The Morgan fingerprint density at radius 1 is 0.341 bits per heavy atom. The lowest BCUT2D eigenvalue weighted by Gasteiger charge is -2.20. The molecule has 1 unspecified atom stereocenters. The number of anilines is 10. The Kier molecular flexibility index (Phi) is 36.8. The molecule has 0 saturated carbocycles. The van der Waals surface area contributed by atoms with E-state index < -0.39 is 0 Å². The second-order valence-corrected chi connectivity index (χ2v) is 18.4. The summed E-state index contributed by atoms with van der Waals surface area (Å²) in [6, 6.07) is 2.37. The maximum Gasteiger partial charge on any atom is 0.322 e. The molecule has 0 radical (unpaired) electrons. The average Bonchev–Trinajstić information content (AvgIpc) is 3.50. The molecule has 0 aliphatic rings. The highest BCUT2D eigenvalue weighted by atomic mass is 16.5. The third-order valence-electron chi connectivity index (χ3n) is 9.25. The van der Waals surface area contributed by atoms with Crippen LogP contribution in [-0.2, 0) is 9.47 Å². The highest BCUT2D eigenvalue weighted by Gasteiger charge is 2.15. The first-order chi connectivity index (χ1) is 39.2. The lowest BCUT2D eigenvalue weighted by molar-refractivity contribution is 0.197. The topological polar surface area (TPSA) is 378 Å². The van der Waals surface area contributed by atoms with Crippen LogP contribution in [0, 0.1) is 0 Å². The van der Waals surface area contributed by atoms with Gasteiger partial charge in [0.15, 0.2) is 0 Å². The molecule has 82 heavy (non-hydrogen) atoms. The zero-order chi connectivity index (χ0) is 61.3. The van der Waals surface area contributed by atoms with E-state index in [1.807, 2.05) is 76.2 Å². The van der Waals surface area contributed by atoms with Crippen LogP contribution in [0.3, 0.4) is 0 Å². The summed E-state index contributed by atoms with van der Waals surface area (Å²) in [6.07, 6.45) is 2.76. The maximum atomic E-state index is 5.06. The summed E-state index contributed by atoms with van der Waals surface area (Å²) in [5.41, 5.74) is -0.101. The Hall–Kier alpha value is -8.03. The van der Waals surface area contributed by atoms with Crippen molar-refractivity contribution in [1.82, 2.24) is 74.8 Å². The van der Waals surface area contributed by atoms with Gasteiger partial charge >= 0.3 is 30.1 Å². The lowest BCUT2D eigenvalue weighted by atomic mass is 10.1. The molecular weight excluding hydrogens is 1060 g/mol. The Bertz CT molecular complexity index is 2380. The van der Waals surface area contributed by atoms with Gasteiger partial charge in [-0.15, -0.1) is 0 Å². The molecule has 5 aromatic heterocycles. The van der Waals surface area contributed by atoms with Crippen molar-refractivity contribution in [2.24, 2.45) is 0 Å². The van der Waals surface area contributed by atoms with Gasteiger partial charge in [0.25, 0.3) is 0 Å². The van der Waals surface area contributed by atoms with E-state index in [9.17, 15) is 0 Å². The fourth-order valence-electron chi connectivity index (χ4n) is 5.60. The summed E-state index contributed by atoms with van der Waals surface area (Å²) in [6.45, 7) is 32.2. The van der Waals surface area contributed by atoms with Gasteiger partial charge in [0.1, 0.15) is 0 Å². The van der Waals surface area contributed by atoms with Crippen LogP contribution in [0.4, 0.5) is 59.5 Å². The van der Waals surface area contributed by atoms with E-state index >= 15 is 0 Å². The van der Waals surface area contributed by atoms with E-state index in [1.165, 1.54) is 35.5 Å². The summed E-state index contributed by atoms with van der Waals surface area (Å²) in [5, 5.41) is 30.9. The van der Waals surface area contributed by atoms with Gasteiger partial charge < -0.3 is 86.3 Å². The second kappa shape index (κ2) is 41.9. The van der Waals surface area contributed by atoms with Crippen LogP contribution in [0.2, 0.25) is 0 Å². The molecule has 5 aromatic rings. The molecule has 0 aliphatic carbocycles. The molecule has 0 saturated heterocycles. The second-order valence-electron chi connectivity index (χ2n) is 18.4. The summed E-state index contributed by atoms with van der Waals surface area (Å²) < 4.78 is 35.0. The Balaban J connectivity index is 0.000000515. The van der Waals surface area contributed by atoms with E-state index in [4.69, 9.17) is 33.2 Å². The number of nitrogens with zero attached hydrogens (tertiary/aromatic N) is 15. The van der Waals surface area contributed by atoms with Gasteiger partial charge in [0.2, 0.25) is 59.5 Å². The number of methoxy groups -OCH3 is 7. The fraction of sp³-hybridized carbons (Fsp3) is 0.700. The van der Waals surface area contributed by atoms with Crippen molar-refractivity contribution in [2.45, 2.75) is 133 Å². The molecular formula is C50H95N25O7. The molecule has 0 spiro atoms. The van der Waals surface area contributed by atoms with Crippen LogP contribution >= 0.6 is 0 Å². The quantitative estimate of drug-likeness (QED) is 0.0224. The fourth-order valence-corrected chi connectivity index (χ4v) is 5.60. The molecule has 462 valence electrons.